The van der Waals surface area contributed by atoms with E-state index in [0.29, 0.717) is 28.0 Å². The van der Waals surface area contributed by atoms with E-state index in [1.807, 2.05) is 12.1 Å². The zero-order chi connectivity index (χ0) is 18.5. The number of hydrogen-bond donors (Lipinski definition) is 0. The second-order valence-electron chi connectivity index (χ2n) is 6.63. The van der Waals surface area contributed by atoms with Crippen molar-refractivity contribution < 1.29 is 9.53 Å². The van der Waals surface area contributed by atoms with Gasteiger partial charge in [-0.2, -0.15) is 4.68 Å². The SMILES string of the molecule is COC(=O)C(=CC1CCCCCC1)c1ccc(-n2nnnc2C)c(Cl)c1. The van der Waals surface area contributed by atoms with Crippen molar-refractivity contribution in [3.63, 3.8) is 0 Å². The average molecular weight is 375 g/mol. The van der Waals surface area contributed by atoms with E-state index >= 15 is 0 Å². The second-order valence-corrected chi connectivity index (χ2v) is 7.03. The van der Waals surface area contributed by atoms with Gasteiger partial charge in [0.25, 0.3) is 0 Å². The second kappa shape index (κ2) is 8.45. The summed E-state index contributed by atoms with van der Waals surface area (Å²) in [5.74, 6) is 0.699. The number of nitrogens with zero attached hydrogens (tertiary/aromatic N) is 4. The van der Waals surface area contributed by atoms with Gasteiger partial charge in [0.05, 0.1) is 23.4 Å². The minimum atomic E-state index is -0.336. The monoisotopic (exact) mass is 374 g/mol. The highest BCUT2D eigenvalue weighted by molar-refractivity contribution is 6.33. The first-order chi connectivity index (χ1) is 12.6. The largest absolute Gasteiger partial charge is 0.465 e. The van der Waals surface area contributed by atoms with Gasteiger partial charge in [0.15, 0.2) is 5.82 Å². The number of benzene rings is 1. The number of allylic oxidation sites excluding steroid dienone is 1. The summed E-state index contributed by atoms with van der Waals surface area (Å²) in [7, 11) is 1.41. The highest BCUT2D eigenvalue weighted by Crippen LogP contribution is 2.30. The van der Waals surface area contributed by atoms with E-state index in [9.17, 15) is 4.79 Å². The highest BCUT2D eigenvalue weighted by Gasteiger charge is 2.19. The smallest absolute Gasteiger partial charge is 0.338 e. The van der Waals surface area contributed by atoms with Gasteiger partial charge in [-0.1, -0.05) is 49.4 Å². The van der Waals surface area contributed by atoms with Gasteiger partial charge in [-0.3, -0.25) is 0 Å². The standard InChI is InChI=1S/C19H23ClN4O2/c1-13-21-22-23-24(13)18-10-9-15(12-17(18)20)16(19(25)26-2)11-14-7-5-3-4-6-8-14/h9-12,14H,3-8H2,1-2H3. The van der Waals surface area contributed by atoms with Crippen LogP contribution in [-0.4, -0.2) is 33.3 Å². The fraction of sp³-hybridized carbons (Fsp3) is 0.474. The molecular weight excluding hydrogens is 352 g/mol. The fourth-order valence-corrected chi connectivity index (χ4v) is 3.67. The Hall–Kier alpha value is -2.21. The number of carbonyl (C=O) groups is 1. The first-order valence-corrected chi connectivity index (χ1v) is 9.33. The quantitative estimate of drug-likeness (QED) is 0.456. The number of halogens is 1. The summed E-state index contributed by atoms with van der Waals surface area (Å²) in [6.45, 7) is 1.80. The van der Waals surface area contributed by atoms with Gasteiger partial charge in [0, 0.05) is 0 Å². The van der Waals surface area contributed by atoms with Crippen LogP contribution in [0.15, 0.2) is 24.3 Å². The Balaban J connectivity index is 1.95. The number of aromatic nitrogens is 4. The van der Waals surface area contributed by atoms with Crippen molar-refractivity contribution in [2.24, 2.45) is 5.92 Å². The molecule has 1 aromatic carbocycles. The average Bonchev–Trinajstić information content (AvgIpc) is 2.90. The Morgan fingerprint density at radius 2 is 2.00 bits per heavy atom. The Morgan fingerprint density at radius 3 is 2.58 bits per heavy atom. The zero-order valence-corrected chi connectivity index (χ0v) is 15.9. The van der Waals surface area contributed by atoms with Crippen LogP contribution < -0.4 is 0 Å². The predicted molar refractivity (Wildman–Crippen MR) is 100 cm³/mol. The summed E-state index contributed by atoms with van der Waals surface area (Å²) in [6, 6.07) is 5.46. The molecule has 0 atom stereocenters. The number of tetrazole rings is 1. The molecule has 6 nitrogen and oxygen atoms in total. The molecular formula is C19H23ClN4O2. The first kappa shape index (κ1) is 18.6. The van der Waals surface area contributed by atoms with Crippen LogP contribution in [0.25, 0.3) is 11.3 Å². The maximum atomic E-state index is 12.4. The molecule has 0 bridgehead atoms. The number of rotatable bonds is 4. The molecule has 1 heterocycles. The Labute approximate surface area is 158 Å². The summed E-state index contributed by atoms with van der Waals surface area (Å²) in [5.41, 5.74) is 2.00. The van der Waals surface area contributed by atoms with E-state index in [0.717, 1.165) is 18.4 Å². The van der Waals surface area contributed by atoms with Crippen molar-refractivity contribution >= 4 is 23.1 Å². The third-order valence-corrected chi connectivity index (χ3v) is 5.12. The molecule has 3 rings (SSSR count). The maximum Gasteiger partial charge on any atom is 0.338 e. The van der Waals surface area contributed by atoms with E-state index in [4.69, 9.17) is 16.3 Å². The molecule has 2 aromatic rings. The molecule has 7 heteroatoms. The van der Waals surface area contributed by atoms with Gasteiger partial charge < -0.3 is 4.74 Å². The van der Waals surface area contributed by atoms with Crippen LogP contribution in [0.5, 0.6) is 0 Å². The van der Waals surface area contributed by atoms with Crippen molar-refractivity contribution in [1.82, 2.24) is 20.2 Å². The van der Waals surface area contributed by atoms with Crippen LogP contribution in [-0.2, 0) is 9.53 Å². The van der Waals surface area contributed by atoms with Crippen molar-refractivity contribution in [3.8, 4) is 5.69 Å². The topological polar surface area (TPSA) is 69.9 Å². The van der Waals surface area contributed by atoms with Crippen molar-refractivity contribution in [1.29, 1.82) is 0 Å². The van der Waals surface area contributed by atoms with Crippen LogP contribution in [0, 0.1) is 12.8 Å². The summed E-state index contributed by atoms with van der Waals surface area (Å²) < 4.78 is 6.58. The zero-order valence-electron chi connectivity index (χ0n) is 15.1. The number of esters is 1. The fourth-order valence-electron chi connectivity index (χ4n) is 3.41. The van der Waals surface area contributed by atoms with Crippen molar-refractivity contribution in [2.75, 3.05) is 7.11 Å². The molecule has 1 saturated carbocycles. The molecule has 138 valence electrons. The van der Waals surface area contributed by atoms with E-state index in [-0.39, 0.29) is 5.97 Å². The number of carbonyl (C=O) groups excluding carboxylic acids is 1. The summed E-state index contributed by atoms with van der Waals surface area (Å²) in [4.78, 5) is 12.4. The molecule has 0 amide bonds. The number of aryl methyl sites for hydroxylation is 1. The van der Waals surface area contributed by atoms with Gasteiger partial charge in [-0.05, 0) is 53.8 Å². The Kier molecular flexibility index (Phi) is 6.04. The molecule has 0 saturated heterocycles. The highest BCUT2D eigenvalue weighted by atomic mass is 35.5. The molecule has 1 aliphatic carbocycles. The maximum absolute atomic E-state index is 12.4. The third kappa shape index (κ3) is 4.12. The van der Waals surface area contributed by atoms with Gasteiger partial charge in [-0.25, -0.2) is 4.79 Å². The summed E-state index contributed by atoms with van der Waals surface area (Å²) in [6.07, 6.45) is 9.21. The minimum Gasteiger partial charge on any atom is -0.465 e. The molecule has 0 aliphatic heterocycles. The minimum absolute atomic E-state index is 0.336. The Morgan fingerprint density at radius 1 is 1.27 bits per heavy atom. The van der Waals surface area contributed by atoms with Gasteiger partial charge in [0.1, 0.15) is 0 Å². The lowest BCUT2D eigenvalue weighted by Gasteiger charge is -2.14. The van der Waals surface area contributed by atoms with E-state index < -0.39 is 0 Å². The number of ether oxygens (including phenoxy) is 1. The lowest BCUT2D eigenvalue weighted by molar-refractivity contribution is -0.133. The lowest BCUT2D eigenvalue weighted by atomic mass is 9.94. The molecule has 0 spiro atoms. The number of hydrogen-bond acceptors (Lipinski definition) is 5. The van der Waals surface area contributed by atoms with Crippen LogP contribution in [0.1, 0.15) is 49.9 Å². The molecule has 1 aliphatic rings. The van der Waals surface area contributed by atoms with Crippen LogP contribution >= 0.6 is 11.6 Å². The number of methoxy groups -OCH3 is 1. The Bertz CT molecular complexity index is 808. The molecule has 1 aromatic heterocycles. The normalized spacial score (nSPS) is 16.3. The van der Waals surface area contributed by atoms with Crippen molar-refractivity contribution in [2.45, 2.75) is 45.4 Å². The van der Waals surface area contributed by atoms with Crippen LogP contribution in [0.4, 0.5) is 0 Å². The van der Waals surface area contributed by atoms with Gasteiger partial charge >= 0.3 is 5.97 Å². The molecule has 26 heavy (non-hydrogen) atoms. The predicted octanol–water partition coefficient (Wildman–Crippen LogP) is 4.15. The van der Waals surface area contributed by atoms with Crippen molar-refractivity contribution in [3.05, 3.63) is 40.7 Å². The van der Waals surface area contributed by atoms with E-state index in [1.54, 1.807) is 17.7 Å². The first-order valence-electron chi connectivity index (χ1n) is 8.95. The van der Waals surface area contributed by atoms with Gasteiger partial charge in [0.2, 0.25) is 0 Å². The molecule has 0 radical (unpaired) electrons. The van der Waals surface area contributed by atoms with Gasteiger partial charge in [-0.15, -0.1) is 5.10 Å². The van der Waals surface area contributed by atoms with Crippen LogP contribution in [0.2, 0.25) is 5.02 Å². The third-order valence-electron chi connectivity index (χ3n) is 4.82. The van der Waals surface area contributed by atoms with Crippen LogP contribution in [0.3, 0.4) is 0 Å². The molecule has 0 N–H and O–H groups in total. The van der Waals surface area contributed by atoms with E-state index in [1.165, 1.54) is 32.8 Å². The molecule has 0 unspecified atom stereocenters. The van der Waals surface area contributed by atoms with E-state index in [2.05, 4.69) is 21.6 Å². The summed E-state index contributed by atoms with van der Waals surface area (Å²) in [5, 5.41) is 11.9. The molecule has 1 fully saturated rings. The lowest BCUT2D eigenvalue weighted by Crippen LogP contribution is -2.08. The summed E-state index contributed by atoms with van der Waals surface area (Å²) >= 11 is 6.46.